The summed E-state index contributed by atoms with van der Waals surface area (Å²) in [6, 6.07) is 7.92. The maximum absolute atomic E-state index is 13.0. The number of fused-ring (bicyclic) bond motifs is 3. The fourth-order valence-corrected chi connectivity index (χ4v) is 4.72. The molecule has 1 fully saturated rings. The Morgan fingerprint density at radius 2 is 1.97 bits per heavy atom. The van der Waals surface area contributed by atoms with Gasteiger partial charge in [0.25, 0.3) is 5.56 Å². The van der Waals surface area contributed by atoms with Gasteiger partial charge in [0.2, 0.25) is 5.91 Å². The molecule has 4 rings (SSSR count). The fraction of sp³-hybridized carbons (Fsp3) is 0.522. The molecule has 2 aromatic heterocycles. The zero-order valence-electron chi connectivity index (χ0n) is 18.1. The Hall–Kier alpha value is -2.67. The number of rotatable bonds is 6. The number of likely N-dealkylation sites (N-methyl/N-ethyl adjacent to an activating group) is 1. The number of aromatic nitrogens is 3. The van der Waals surface area contributed by atoms with Crippen molar-refractivity contribution in [1.29, 1.82) is 0 Å². The van der Waals surface area contributed by atoms with Crippen LogP contribution in [0.1, 0.15) is 45.1 Å². The molecule has 0 spiro atoms. The SMILES string of the molecule is CC(C(=O)NCCN(C)C1CCCCC1)n1c2ccccc2c2cnn(C)c(=O)c21. The van der Waals surface area contributed by atoms with Gasteiger partial charge in [-0.3, -0.25) is 9.59 Å². The Balaban J connectivity index is 1.55. The van der Waals surface area contributed by atoms with Crippen LogP contribution in [0.15, 0.2) is 35.3 Å². The number of carbonyl (C=O) groups is 1. The second kappa shape index (κ2) is 8.60. The van der Waals surface area contributed by atoms with Crippen molar-refractivity contribution in [1.82, 2.24) is 24.6 Å². The predicted molar refractivity (Wildman–Crippen MR) is 120 cm³/mol. The summed E-state index contributed by atoms with van der Waals surface area (Å²) in [6.07, 6.45) is 8.15. The summed E-state index contributed by atoms with van der Waals surface area (Å²) < 4.78 is 3.18. The molecule has 1 amide bonds. The summed E-state index contributed by atoms with van der Waals surface area (Å²) in [6.45, 7) is 3.29. The van der Waals surface area contributed by atoms with Crippen molar-refractivity contribution in [3.8, 4) is 0 Å². The summed E-state index contributed by atoms with van der Waals surface area (Å²) >= 11 is 0. The summed E-state index contributed by atoms with van der Waals surface area (Å²) in [5, 5.41) is 8.97. The van der Waals surface area contributed by atoms with E-state index < -0.39 is 6.04 Å². The molecular weight excluding hydrogens is 378 g/mol. The van der Waals surface area contributed by atoms with Crippen molar-refractivity contribution in [2.45, 2.75) is 51.1 Å². The van der Waals surface area contributed by atoms with Crippen LogP contribution in [0.3, 0.4) is 0 Å². The first kappa shape index (κ1) is 20.6. The number of nitrogens with zero attached hydrogens (tertiary/aromatic N) is 4. The quantitative estimate of drug-likeness (QED) is 0.680. The van der Waals surface area contributed by atoms with E-state index in [1.165, 1.54) is 36.8 Å². The minimum atomic E-state index is -0.498. The maximum atomic E-state index is 13.0. The molecule has 1 atom stereocenters. The van der Waals surface area contributed by atoms with Crippen molar-refractivity contribution in [2.75, 3.05) is 20.1 Å². The zero-order chi connectivity index (χ0) is 21.3. The smallest absolute Gasteiger partial charge is 0.291 e. The topological polar surface area (TPSA) is 72.2 Å². The van der Waals surface area contributed by atoms with Crippen LogP contribution in [-0.4, -0.2) is 51.3 Å². The standard InChI is InChI=1S/C23H31N5O2/c1-16(22(29)24-13-14-26(2)17-9-5-4-6-10-17)28-20-12-8-7-11-18(20)19-15-25-27(3)23(30)21(19)28/h7-8,11-12,15-17H,4-6,9-10,13-14H2,1-3H3,(H,24,29). The summed E-state index contributed by atoms with van der Waals surface area (Å²) in [7, 11) is 3.78. The monoisotopic (exact) mass is 409 g/mol. The molecule has 160 valence electrons. The van der Waals surface area contributed by atoms with Crippen molar-refractivity contribution < 1.29 is 4.79 Å². The first-order valence-electron chi connectivity index (χ1n) is 10.9. The van der Waals surface area contributed by atoms with Crippen molar-refractivity contribution in [3.63, 3.8) is 0 Å². The number of carbonyl (C=O) groups excluding carboxylic acids is 1. The number of amides is 1. The number of benzene rings is 1. The summed E-state index contributed by atoms with van der Waals surface area (Å²) in [4.78, 5) is 28.2. The van der Waals surface area contributed by atoms with Gasteiger partial charge in [-0.05, 0) is 32.9 Å². The van der Waals surface area contributed by atoms with E-state index in [0.717, 1.165) is 22.8 Å². The number of hydrogen-bond donors (Lipinski definition) is 1. The van der Waals surface area contributed by atoms with Crippen molar-refractivity contribution >= 4 is 27.7 Å². The third-order valence-corrected chi connectivity index (χ3v) is 6.53. The van der Waals surface area contributed by atoms with Crippen LogP contribution in [0, 0.1) is 0 Å². The Bertz CT molecular complexity index is 1110. The molecule has 0 radical (unpaired) electrons. The molecule has 7 nitrogen and oxygen atoms in total. The summed E-state index contributed by atoms with van der Waals surface area (Å²) in [5.41, 5.74) is 1.20. The lowest BCUT2D eigenvalue weighted by atomic mass is 9.94. The highest BCUT2D eigenvalue weighted by Gasteiger charge is 2.23. The Morgan fingerprint density at radius 3 is 2.73 bits per heavy atom. The second-order valence-electron chi connectivity index (χ2n) is 8.46. The largest absolute Gasteiger partial charge is 0.353 e. The molecule has 1 saturated carbocycles. The van der Waals surface area contributed by atoms with Crippen LogP contribution in [-0.2, 0) is 11.8 Å². The second-order valence-corrected chi connectivity index (χ2v) is 8.46. The van der Waals surface area contributed by atoms with E-state index in [4.69, 9.17) is 0 Å². The Kier molecular flexibility index (Phi) is 5.90. The molecule has 1 aliphatic carbocycles. The summed E-state index contributed by atoms with van der Waals surface area (Å²) in [5.74, 6) is -0.0754. The van der Waals surface area contributed by atoms with Crippen LogP contribution < -0.4 is 10.9 Å². The molecule has 1 N–H and O–H groups in total. The first-order chi connectivity index (χ1) is 14.5. The molecule has 1 unspecified atom stereocenters. The van der Waals surface area contributed by atoms with E-state index in [9.17, 15) is 9.59 Å². The van der Waals surface area contributed by atoms with Gasteiger partial charge in [-0.2, -0.15) is 5.10 Å². The lowest BCUT2D eigenvalue weighted by Gasteiger charge is -2.31. The number of nitrogens with one attached hydrogen (secondary N) is 1. The minimum Gasteiger partial charge on any atom is -0.353 e. The normalized spacial score (nSPS) is 16.4. The lowest BCUT2D eigenvalue weighted by Crippen LogP contribution is -2.41. The average molecular weight is 410 g/mol. The molecule has 3 aromatic rings. The van der Waals surface area contributed by atoms with Gasteiger partial charge < -0.3 is 14.8 Å². The molecule has 0 bridgehead atoms. The first-order valence-corrected chi connectivity index (χ1v) is 10.9. The maximum Gasteiger partial charge on any atom is 0.291 e. The van der Waals surface area contributed by atoms with Gasteiger partial charge in [-0.1, -0.05) is 37.5 Å². The molecular formula is C23H31N5O2. The minimum absolute atomic E-state index is 0.0754. The molecule has 2 heterocycles. The van der Waals surface area contributed by atoms with E-state index in [0.29, 0.717) is 18.1 Å². The number of hydrogen-bond acceptors (Lipinski definition) is 4. The highest BCUT2D eigenvalue weighted by atomic mass is 16.2. The van der Waals surface area contributed by atoms with Gasteiger partial charge in [0.1, 0.15) is 11.6 Å². The van der Waals surface area contributed by atoms with E-state index in [1.807, 2.05) is 35.8 Å². The molecule has 7 heteroatoms. The van der Waals surface area contributed by atoms with Crippen LogP contribution >= 0.6 is 0 Å². The highest BCUT2D eigenvalue weighted by Crippen LogP contribution is 2.29. The van der Waals surface area contributed by atoms with E-state index in [1.54, 1.807) is 13.2 Å². The van der Waals surface area contributed by atoms with Crippen molar-refractivity contribution in [3.05, 3.63) is 40.8 Å². The Morgan fingerprint density at radius 1 is 1.23 bits per heavy atom. The van der Waals surface area contributed by atoms with Crippen LogP contribution in [0.2, 0.25) is 0 Å². The molecule has 1 aliphatic rings. The van der Waals surface area contributed by atoms with Crippen LogP contribution in [0.4, 0.5) is 0 Å². The molecule has 0 aliphatic heterocycles. The van der Waals surface area contributed by atoms with Gasteiger partial charge in [-0.25, -0.2) is 4.68 Å². The third-order valence-electron chi connectivity index (χ3n) is 6.53. The zero-order valence-corrected chi connectivity index (χ0v) is 18.1. The average Bonchev–Trinajstić information content (AvgIpc) is 3.11. The number of aryl methyl sites for hydroxylation is 1. The van der Waals surface area contributed by atoms with Gasteiger partial charge in [0, 0.05) is 37.0 Å². The van der Waals surface area contributed by atoms with Crippen LogP contribution in [0.5, 0.6) is 0 Å². The Labute approximate surface area is 176 Å². The lowest BCUT2D eigenvalue weighted by molar-refractivity contribution is -0.123. The highest BCUT2D eigenvalue weighted by molar-refractivity contribution is 6.08. The van der Waals surface area contributed by atoms with E-state index in [2.05, 4.69) is 22.4 Å². The predicted octanol–water partition coefficient (Wildman–Crippen LogP) is 2.83. The van der Waals surface area contributed by atoms with Crippen LogP contribution in [0.25, 0.3) is 21.8 Å². The number of para-hydroxylation sites is 1. The van der Waals surface area contributed by atoms with Gasteiger partial charge in [0.15, 0.2) is 0 Å². The third kappa shape index (κ3) is 3.74. The van der Waals surface area contributed by atoms with Gasteiger partial charge in [0.05, 0.1) is 11.7 Å². The fourth-order valence-electron chi connectivity index (χ4n) is 4.72. The van der Waals surface area contributed by atoms with Gasteiger partial charge >= 0.3 is 0 Å². The van der Waals surface area contributed by atoms with Gasteiger partial charge in [-0.15, -0.1) is 0 Å². The molecule has 0 saturated heterocycles. The molecule has 1 aromatic carbocycles. The molecule has 30 heavy (non-hydrogen) atoms. The van der Waals surface area contributed by atoms with E-state index in [-0.39, 0.29) is 11.5 Å². The van der Waals surface area contributed by atoms with Crippen molar-refractivity contribution in [2.24, 2.45) is 7.05 Å². The van der Waals surface area contributed by atoms with E-state index >= 15 is 0 Å².